The third-order valence-corrected chi connectivity index (χ3v) is 4.47. The van der Waals surface area contributed by atoms with Gasteiger partial charge in [0.25, 0.3) is 17.5 Å². The number of carbonyl (C=O) groups excluding carboxylic acids is 2. The first kappa shape index (κ1) is 20.8. The van der Waals surface area contributed by atoms with Gasteiger partial charge in [-0.15, -0.1) is 0 Å². The highest BCUT2D eigenvalue weighted by Crippen LogP contribution is 2.34. The number of benzene rings is 2. The molecule has 0 fully saturated rings. The van der Waals surface area contributed by atoms with Crippen LogP contribution in [0.1, 0.15) is 19.4 Å². The standard InChI is InChI=1S/C21H21N3O6/c1-4-29-16-11-8-14(12-17(16)30-5-2)22-19-18(20(25)23(3)21(19)26)13-6-9-15(10-7-13)24(27)28/h6-12,22H,4-5H2,1-3H3. The minimum absolute atomic E-state index is 0.0861. The van der Waals surface area contributed by atoms with Crippen molar-refractivity contribution in [2.45, 2.75) is 13.8 Å². The molecule has 1 aliphatic heterocycles. The fourth-order valence-corrected chi connectivity index (χ4v) is 3.05. The van der Waals surface area contributed by atoms with Crippen molar-refractivity contribution in [3.63, 3.8) is 0 Å². The second-order valence-corrected chi connectivity index (χ2v) is 6.38. The van der Waals surface area contributed by atoms with Gasteiger partial charge in [-0.05, 0) is 43.7 Å². The zero-order chi connectivity index (χ0) is 21.8. The lowest BCUT2D eigenvalue weighted by Crippen LogP contribution is -2.27. The molecule has 9 heteroatoms. The quantitative estimate of drug-likeness (QED) is 0.403. The van der Waals surface area contributed by atoms with E-state index in [4.69, 9.17) is 9.47 Å². The Morgan fingerprint density at radius 2 is 1.60 bits per heavy atom. The van der Waals surface area contributed by atoms with Crippen molar-refractivity contribution in [3.8, 4) is 11.5 Å². The fraction of sp³-hybridized carbons (Fsp3) is 0.238. The molecular weight excluding hydrogens is 390 g/mol. The van der Waals surface area contributed by atoms with Gasteiger partial charge in [-0.2, -0.15) is 0 Å². The summed E-state index contributed by atoms with van der Waals surface area (Å²) in [5, 5.41) is 13.9. The highest BCUT2D eigenvalue weighted by molar-refractivity contribution is 6.36. The second kappa shape index (κ2) is 8.64. The number of nitrogens with zero attached hydrogens (tertiary/aromatic N) is 2. The molecule has 0 atom stereocenters. The van der Waals surface area contributed by atoms with Crippen LogP contribution in [0.2, 0.25) is 0 Å². The molecule has 2 amide bonds. The van der Waals surface area contributed by atoms with Gasteiger partial charge in [0.05, 0.1) is 23.7 Å². The van der Waals surface area contributed by atoms with Crippen LogP contribution < -0.4 is 14.8 Å². The molecule has 0 spiro atoms. The monoisotopic (exact) mass is 411 g/mol. The van der Waals surface area contributed by atoms with E-state index in [0.29, 0.717) is 36.0 Å². The third kappa shape index (κ3) is 3.95. The number of ether oxygens (including phenoxy) is 2. The van der Waals surface area contributed by atoms with E-state index in [1.807, 2.05) is 13.8 Å². The molecule has 0 unspecified atom stereocenters. The van der Waals surface area contributed by atoms with Crippen LogP contribution >= 0.6 is 0 Å². The van der Waals surface area contributed by atoms with Crippen LogP contribution in [0.3, 0.4) is 0 Å². The lowest BCUT2D eigenvalue weighted by molar-refractivity contribution is -0.384. The molecule has 1 aliphatic rings. The molecule has 30 heavy (non-hydrogen) atoms. The summed E-state index contributed by atoms with van der Waals surface area (Å²) in [6.45, 7) is 4.61. The lowest BCUT2D eigenvalue weighted by atomic mass is 10.0. The summed E-state index contributed by atoms with van der Waals surface area (Å²) in [6.07, 6.45) is 0. The molecule has 0 radical (unpaired) electrons. The van der Waals surface area contributed by atoms with E-state index in [1.165, 1.54) is 31.3 Å². The SMILES string of the molecule is CCOc1ccc(NC2=C(c3ccc([N+](=O)[O-])cc3)C(=O)N(C)C2=O)cc1OCC. The first-order valence-corrected chi connectivity index (χ1v) is 9.35. The first-order chi connectivity index (χ1) is 14.4. The van der Waals surface area contributed by atoms with E-state index < -0.39 is 16.7 Å². The number of likely N-dealkylation sites (N-methyl/N-ethyl adjacent to an activating group) is 1. The van der Waals surface area contributed by atoms with Gasteiger partial charge in [0.15, 0.2) is 11.5 Å². The van der Waals surface area contributed by atoms with Crippen LogP contribution in [0.4, 0.5) is 11.4 Å². The summed E-state index contributed by atoms with van der Waals surface area (Å²) in [4.78, 5) is 36.7. The smallest absolute Gasteiger partial charge is 0.277 e. The minimum atomic E-state index is -0.528. The maximum absolute atomic E-state index is 12.7. The number of carbonyl (C=O) groups is 2. The Morgan fingerprint density at radius 3 is 2.20 bits per heavy atom. The number of nitro benzene ring substituents is 1. The van der Waals surface area contributed by atoms with Crippen LogP contribution in [0.15, 0.2) is 48.2 Å². The highest BCUT2D eigenvalue weighted by Gasteiger charge is 2.37. The summed E-state index contributed by atoms with van der Waals surface area (Å²) >= 11 is 0. The van der Waals surface area contributed by atoms with Crippen molar-refractivity contribution in [3.05, 3.63) is 63.8 Å². The Labute approximate surface area is 173 Å². The molecule has 0 saturated carbocycles. The van der Waals surface area contributed by atoms with Gasteiger partial charge >= 0.3 is 0 Å². The van der Waals surface area contributed by atoms with Gasteiger partial charge in [-0.25, -0.2) is 0 Å². The summed E-state index contributed by atoms with van der Waals surface area (Å²) in [6, 6.07) is 10.6. The average Bonchev–Trinajstić information content (AvgIpc) is 2.94. The number of anilines is 1. The molecule has 2 aromatic rings. The number of non-ortho nitro benzene ring substituents is 1. The van der Waals surface area contributed by atoms with E-state index in [9.17, 15) is 19.7 Å². The Bertz CT molecular complexity index is 1030. The number of amides is 2. The molecule has 0 aliphatic carbocycles. The van der Waals surface area contributed by atoms with E-state index in [0.717, 1.165) is 4.90 Å². The van der Waals surface area contributed by atoms with Gasteiger partial charge < -0.3 is 14.8 Å². The Kier molecular flexibility index (Phi) is 6.01. The van der Waals surface area contributed by atoms with Crippen LogP contribution in [0.5, 0.6) is 11.5 Å². The summed E-state index contributed by atoms with van der Waals surface area (Å²) in [5.41, 5.74) is 1.06. The third-order valence-electron chi connectivity index (χ3n) is 4.47. The number of hydrogen-bond donors (Lipinski definition) is 1. The van der Waals surface area contributed by atoms with Gasteiger partial charge in [0.2, 0.25) is 0 Å². The molecule has 9 nitrogen and oxygen atoms in total. The number of rotatable bonds is 8. The van der Waals surface area contributed by atoms with Gasteiger partial charge in [0, 0.05) is 30.9 Å². The van der Waals surface area contributed by atoms with E-state index >= 15 is 0 Å². The van der Waals surface area contributed by atoms with E-state index in [-0.39, 0.29) is 17.0 Å². The maximum Gasteiger partial charge on any atom is 0.277 e. The normalized spacial score (nSPS) is 13.6. The maximum atomic E-state index is 12.7. The number of nitrogens with one attached hydrogen (secondary N) is 1. The first-order valence-electron chi connectivity index (χ1n) is 9.35. The summed E-state index contributed by atoms with van der Waals surface area (Å²) in [7, 11) is 1.38. The van der Waals surface area contributed by atoms with Crippen LogP contribution in [0.25, 0.3) is 5.57 Å². The molecule has 0 bridgehead atoms. The minimum Gasteiger partial charge on any atom is -0.490 e. The number of nitro groups is 1. The molecule has 0 aromatic heterocycles. The van der Waals surface area contributed by atoms with Gasteiger partial charge in [-0.1, -0.05) is 0 Å². The van der Waals surface area contributed by atoms with Crippen molar-refractivity contribution < 1.29 is 24.0 Å². The number of hydrogen-bond acceptors (Lipinski definition) is 7. The highest BCUT2D eigenvalue weighted by atomic mass is 16.6. The zero-order valence-corrected chi connectivity index (χ0v) is 16.8. The van der Waals surface area contributed by atoms with Crippen LogP contribution in [-0.4, -0.2) is 41.9 Å². The second-order valence-electron chi connectivity index (χ2n) is 6.38. The molecule has 156 valence electrons. The fourth-order valence-electron chi connectivity index (χ4n) is 3.05. The summed E-state index contributed by atoms with van der Waals surface area (Å²) < 4.78 is 11.1. The van der Waals surface area contributed by atoms with Crippen molar-refractivity contribution in [2.75, 3.05) is 25.6 Å². The van der Waals surface area contributed by atoms with Crippen molar-refractivity contribution in [2.24, 2.45) is 0 Å². The van der Waals surface area contributed by atoms with Crippen LogP contribution in [0, 0.1) is 10.1 Å². The molecular formula is C21H21N3O6. The van der Waals surface area contributed by atoms with Crippen LogP contribution in [-0.2, 0) is 9.59 Å². The zero-order valence-electron chi connectivity index (χ0n) is 16.8. The molecule has 2 aromatic carbocycles. The van der Waals surface area contributed by atoms with Crippen molar-refractivity contribution in [1.82, 2.24) is 4.90 Å². The largest absolute Gasteiger partial charge is 0.490 e. The predicted molar refractivity (Wildman–Crippen MR) is 110 cm³/mol. The Balaban J connectivity index is 2.02. The topological polar surface area (TPSA) is 111 Å². The Morgan fingerprint density at radius 1 is 0.967 bits per heavy atom. The molecule has 1 heterocycles. The number of imide groups is 1. The predicted octanol–water partition coefficient (Wildman–Crippen LogP) is 3.21. The average molecular weight is 411 g/mol. The Hall–Kier alpha value is -3.88. The van der Waals surface area contributed by atoms with Crippen molar-refractivity contribution in [1.29, 1.82) is 0 Å². The molecule has 3 rings (SSSR count). The summed E-state index contributed by atoms with van der Waals surface area (Å²) in [5.74, 6) is 0.0832. The van der Waals surface area contributed by atoms with E-state index in [2.05, 4.69) is 5.32 Å². The molecule has 0 saturated heterocycles. The van der Waals surface area contributed by atoms with Gasteiger partial charge in [0.1, 0.15) is 5.70 Å². The molecule has 1 N–H and O–H groups in total. The lowest BCUT2D eigenvalue weighted by Gasteiger charge is -2.14. The van der Waals surface area contributed by atoms with Crippen molar-refractivity contribution >= 4 is 28.8 Å². The van der Waals surface area contributed by atoms with E-state index in [1.54, 1.807) is 18.2 Å². The van der Waals surface area contributed by atoms with Gasteiger partial charge in [-0.3, -0.25) is 24.6 Å².